The first-order valence-corrected chi connectivity index (χ1v) is 5.50. The van der Waals surface area contributed by atoms with Crippen LogP contribution in [0.2, 0.25) is 0 Å². The van der Waals surface area contributed by atoms with Gasteiger partial charge in [-0.2, -0.15) is 0 Å². The summed E-state index contributed by atoms with van der Waals surface area (Å²) in [6.07, 6.45) is 2.79. The van der Waals surface area contributed by atoms with Crippen molar-refractivity contribution in [3.8, 4) is 0 Å². The van der Waals surface area contributed by atoms with Gasteiger partial charge in [-0.15, -0.1) is 0 Å². The zero-order valence-electron chi connectivity index (χ0n) is 7.76. The van der Waals surface area contributed by atoms with E-state index in [0.29, 0.717) is 0 Å². The largest absolute Gasteiger partial charge is 0.333 e. The second kappa shape index (κ2) is 3.43. The summed E-state index contributed by atoms with van der Waals surface area (Å²) in [5, 5.41) is 0. The molecule has 2 unspecified atom stereocenters. The fraction of sp³-hybridized carbons (Fsp3) is 0.455. The molecule has 1 nitrogen and oxygen atoms in total. The van der Waals surface area contributed by atoms with Crippen LogP contribution in [-0.2, 0) is 6.42 Å². The molecule has 1 saturated carbocycles. The van der Waals surface area contributed by atoms with Gasteiger partial charge in [0, 0.05) is 4.47 Å². The van der Waals surface area contributed by atoms with E-state index < -0.39 is 0 Å². The molecule has 0 aromatic heterocycles. The molecule has 0 radical (unpaired) electrons. The molecule has 0 amide bonds. The molecule has 1 fully saturated rings. The highest BCUT2D eigenvalue weighted by molar-refractivity contribution is 9.10. The van der Waals surface area contributed by atoms with Crippen LogP contribution < -0.4 is 5.73 Å². The normalized spacial score (nSPS) is 27.0. The SMILES string of the molecule is Brc1ccc2c(c1)C1CC1C2.CN. The summed E-state index contributed by atoms with van der Waals surface area (Å²) >= 11 is 3.51. The van der Waals surface area contributed by atoms with Gasteiger partial charge in [0.1, 0.15) is 0 Å². The van der Waals surface area contributed by atoms with E-state index >= 15 is 0 Å². The van der Waals surface area contributed by atoms with Crippen LogP contribution in [0.4, 0.5) is 0 Å². The highest BCUT2D eigenvalue weighted by atomic mass is 79.9. The highest BCUT2D eigenvalue weighted by Crippen LogP contribution is 2.56. The van der Waals surface area contributed by atoms with Gasteiger partial charge >= 0.3 is 0 Å². The second-order valence-corrected chi connectivity index (χ2v) is 4.57. The minimum Gasteiger partial charge on any atom is -0.333 e. The Kier molecular flexibility index (Phi) is 2.43. The smallest absolute Gasteiger partial charge is 0.0178 e. The van der Waals surface area contributed by atoms with E-state index in [1.165, 1.54) is 24.4 Å². The van der Waals surface area contributed by atoms with Crippen molar-refractivity contribution in [3.63, 3.8) is 0 Å². The van der Waals surface area contributed by atoms with Crippen molar-refractivity contribution in [2.75, 3.05) is 7.05 Å². The van der Waals surface area contributed by atoms with Crippen molar-refractivity contribution < 1.29 is 0 Å². The zero-order chi connectivity index (χ0) is 9.42. The molecule has 70 valence electrons. The summed E-state index contributed by atoms with van der Waals surface area (Å²) < 4.78 is 1.24. The lowest BCUT2D eigenvalue weighted by Gasteiger charge is -2.01. The number of halogens is 1. The summed E-state index contributed by atoms with van der Waals surface area (Å²) in [7, 11) is 1.50. The summed E-state index contributed by atoms with van der Waals surface area (Å²) in [4.78, 5) is 0. The van der Waals surface area contributed by atoms with Crippen molar-refractivity contribution in [3.05, 3.63) is 33.8 Å². The summed E-state index contributed by atoms with van der Waals surface area (Å²) in [5.74, 6) is 1.95. The maximum absolute atomic E-state index is 4.50. The first-order chi connectivity index (χ1) is 6.34. The average Bonchev–Trinajstić information content (AvgIpc) is 2.85. The van der Waals surface area contributed by atoms with Crippen LogP contribution in [0.25, 0.3) is 0 Å². The molecule has 2 aliphatic rings. The van der Waals surface area contributed by atoms with Crippen molar-refractivity contribution in [1.82, 2.24) is 0 Å². The summed E-state index contributed by atoms with van der Waals surface area (Å²) in [6, 6.07) is 6.72. The maximum atomic E-state index is 4.50. The quantitative estimate of drug-likeness (QED) is 0.741. The third-order valence-electron chi connectivity index (χ3n) is 2.91. The van der Waals surface area contributed by atoms with Crippen LogP contribution in [0, 0.1) is 5.92 Å². The standard InChI is InChI=1S/C10H9Br.CH5N/c11-8-2-1-6-3-7-4-9(7)10(6)5-8;1-2/h1-2,5,7,9H,3-4H2;2H2,1H3. The van der Waals surface area contributed by atoms with E-state index in [4.69, 9.17) is 0 Å². The summed E-state index contributed by atoms with van der Waals surface area (Å²) in [5.41, 5.74) is 7.71. The molecule has 0 saturated heterocycles. The van der Waals surface area contributed by atoms with E-state index in [0.717, 1.165) is 11.8 Å². The van der Waals surface area contributed by atoms with E-state index in [2.05, 4.69) is 39.9 Å². The Morgan fingerprint density at radius 2 is 2.15 bits per heavy atom. The molecular formula is C11H14BrN. The molecule has 2 heteroatoms. The highest BCUT2D eigenvalue weighted by Gasteiger charge is 2.44. The van der Waals surface area contributed by atoms with E-state index in [1.54, 1.807) is 11.1 Å². The van der Waals surface area contributed by atoms with Gasteiger partial charge in [-0.3, -0.25) is 0 Å². The van der Waals surface area contributed by atoms with Crippen LogP contribution in [0.1, 0.15) is 23.5 Å². The third kappa shape index (κ3) is 1.53. The van der Waals surface area contributed by atoms with Crippen LogP contribution in [-0.4, -0.2) is 7.05 Å². The Balaban J connectivity index is 0.000000308. The Bertz CT molecular complexity index is 322. The number of benzene rings is 1. The lowest BCUT2D eigenvalue weighted by atomic mass is 10.1. The molecule has 0 heterocycles. The van der Waals surface area contributed by atoms with Gasteiger partial charge in [-0.05, 0) is 55.0 Å². The van der Waals surface area contributed by atoms with Crippen LogP contribution in [0.3, 0.4) is 0 Å². The van der Waals surface area contributed by atoms with Crippen LogP contribution in [0.15, 0.2) is 22.7 Å². The molecule has 0 spiro atoms. The van der Waals surface area contributed by atoms with Gasteiger partial charge in [0.15, 0.2) is 0 Å². The van der Waals surface area contributed by atoms with Gasteiger partial charge in [0.2, 0.25) is 0 Å². The molecule has 2 N–H and O–H groups in total. The fourth-order valence-corrected chi connectivity index (χ4v) is 2.61. The van der Waals surface area contributed by atoms with Gasteiger partial charge < -0.3 is 5.73 Å². The van der Waals surface area contributed by atoms with Crippen LogP contribution >= 0.6 is 15.9 Å². The van der Waals surface area contributed by atoms with Crippen molar-refractivity contribution >= 4 is 15.9 Å². The Hall–Kier alpha value is -0.340. The van der Waals surface area contributed by atoms with Crippen molar-refractivity contribution in [2.45, 2.75) is 18.8 Å². The lowest BCUT2D eigenvalue weighted by Crippen LogP contribution is -1.84. The predicted octanol–water partition coefficient (Wildman–Crippen LogP) is 2.68. The monoisotopic (exact) mass is 239 g/mol. The second-order valence-electron chi connectivity index (χ2n) is 3.65. The first-order valence-electron chi connectivity index (χ1n) is 4.70. The average molecular weight is 240 g/mol. The Morgan fingerprint density at radius 3 is 2.92 bits per heavy atom. The summed E-state index contributed by atoms with van der Waals surface area (Å²) in [6.45, 7) is 0. The Morgan fingerprint density at radius 1 is 1.38 bits per heavy atom. The number of hydrogen-bond acceptors (Lipinski definition) is 1. The Labute approximate surface area is 87.5 Å². The third-order valence-corrected chi connectivity index (χ3v) is 3.41. The lowest BCUT2D eigenvalue weighted by molar-refractivity contribution is 0.857. The number of hydrogen-bond donors (Lipinski definition) is 1. The predicted molar refractivity (Wildman–Crippen MR) is 58.8 cm³/mol. The maximum Gasteiger partial charge on any atom is 0.0178 e. The minimum absolute atomic E-state index is 0.933. The van der Waals surface area contributed by atoms with Gasteiger partial charge in [-0.1, -0.05) is 22.0 Å². The first kappa shape index (κ1) is 9.22. The van der Waals surface area contributed by atoms with E-state index in [9.17, 15) is 0 Å². The molecule has 3 rings (SSSR count). The van der Waals surface area contributed by atoms with E-state index in [1.807, 2.05) is 0 Å². The van der Waals surface area contributed by atoms with Crippen molar-refractivity contribution in [1.29, 1.82) is 0 Å². The van der Waals surface area contributed by atoms with Crippen molar-refractivity contribution in [2.24, 2.45) is 11.7 Å². The van der Waals surface area contributed by atoms with Crippen LogP contribution in [0.5, 0.6) is 0 Å². The van der Waals surface area contributed by atoms with E-state index in [-0.39, 0.29) is 0 Å². The molecule has 1 aromatic carbocycles. The molecule has 13 heavy (non-hydrogen) atoms. The number of rotatable bonds is 0. The molecule has 1 aromatic rings. The van der Waals surface area contributed by atoms with Gasteiger partial charge in [0.25, 0.3) is 0 Å². The van der Waals surface area contributed by atoms with Gasteiger partial charge in [-0.25, -0.2) is 0 Å². The molecule has 0 bridgehead atoms. The fourth-order valence-electron chi connectivity index (χ4n) is 2.23. The molecule has 0 aliphatic heterocycles. The topological polar surface area (TPSA) is 26.0 Å². The molecular weight excluding hydrogens is 226 g/mol. The number of fused-ring (bicyclic) bond motifs is 3. The minimum atomic E-state index is 0.933. The molecule has 2 atom stereocenters. The zero-order valence-corrected chi connectivity index (χ0v) is 9.34. The van der Waals surface area contributed by atoms with Gasteiger partial charge in [0.05, 0.1) is 0 Å². The number of nitrogens with two attached hydrogens (primary N) is 1. The molecule has 2 aliphatic carbocycles.